The van der Waals surface area contributed by atoms with Gasteiger partial charge in [-0.1, -0.05) is 6.92 Å². The number of aromatic nitrogens is 2. The molecule has 0 saturated carbocycles. The van der Waals surface area contributed by atoms with Crippen molar-refractivity contribution < 1.29 is 24.8 Å². The van der Waals surface area contributed by atoms with Crippen molar-refractivity contribution >= 4 is 46.6 Å². The van der Waals surface area contributed by atoms with Crippen LogP contribution in [0, 0.1) is 18.7 Å². The summed E-state index contributed by atoms with van der Waals surface area (Å²) in [6.07, 6.45) is 4.21. The third-order valence-electron chi connectivity index (χ3n) is 7.40. The molecule has 39 heavy (non-hydrogen) atoms. The zero-order chi connectivity index (χ0) is 23.9. The summed E-state index contributed by atoms with van der Waals surface area (Å²) >= 11 is 0. The van der Waals surface area contributed by atoms with Crippen LogP contribution >= 0.6 is 24.8 Å². The summed E-state index contributed by atoms with van der Waals surface area (Å²) in [5.41, 5.74) is 5.55. The Morgan fingerprint density at radius 1 is 1.05 bits per heavy atom. The summed E-state index contributed by atoms with van der Waals surface area (Å²) in [5.74, 6) is 1.99. The van der Waals surface area contributed by atoms with E-state index in [2.05, 4.69) is 27.9 Å². The quantitative estimate of drug-likeness (QED) is 0.344. The minimum absolute atomic E-state index is 0. The fourth-order valence-electron chi connectivity index (χ4n) is 5.81. The highest BCUT2D eigenvalue weighted by atomic mass is 35.5. The molecule has 0 saturated heterocycles. The molecule has 0 amide bonds. The molecule has 0 bridgehead atoms. The first-order valence-corrected chi connectivity index (χ1v) is 12.8. The molecule has 7 nitrogen and oxygen atoms in total. The van der Waals surface area contributed by atoms with E-state index in [4.69, 9.17) is 9.47 Å². The highest BCUT2D eigenvalue weighted by molar-refractivity contribution is 5.88. The summed E-state index contributed by atoms with van der Waals surface area (Å²) in [5, 5.41) is 2.05. The van der Waals surface area contributed by atoms with Gasteiger partial charge in [-0.15, -0.1) is 24.8 Å². The number of halogens is 3. The molecule has 0 radical (unpaired) electrons. The van der Waals surface area contributed by atoms with Crippen LogP contribution in [0.4, 0.5) is 4.39 Å². The second-order valence-corrected chi connectivity index (χ2v) is 10.1. The van der Waals surface area contributed by atoms with Crippen molar-refractivity contribution in [1.29, 1.82) is 0 Å². The van der Waals surface area contributed by atoms with Crippen molar-refractivity contribution in [1.82, 2.24) is 14.9 Å². The van der Waals surface area contributed by atoms with Gasteiger partial charge in [0, 0.05) is 40.8 Å². The van der Waals surface area contributed by atoms with Crippen molar-refractivity contribution in [2.24, 2.45) is 5.92 Å². The van der Waals surface area contributed by atoms with Crippen molar-refractivity contribution in [2.45, 2.75) is 45.6 Å². The summed E-state index contributed by atoms with van der Waals surface area (Å²) in [6, 6.07) is 13.1. The second kappa shape index (κ2) is 13.6. The number of aryl methyl sites for hydroxylation is 2. The van der Waals surface area contributed by atoms with Gasteiger partial charge in [-0.05, 0) is 93.1 Å². The Kier molecular flexibility index (Phi) is 11.4. The van der Waals surface area contributed by atoms with Crippen LogP contribution in [0.1, 0.15) is 36.7 Å². The van der Waals surface area contributed by atoms with Crippen LogP contribution in [-0.4, -0.2) is 58.2 Å². The Morgan fingerprint density at radius 3 is 2.67 bits per heavy atom. The third kappa shape index (κ3) is 6.58. The molecule has 0 fully saturated rings. The molecule has 3 heterocycles. The molecule has 4 aromatic rings. The predicted molar refractivity (Wildman–Crippen MR) is 159 cm³/mol. The summed E-state index contributed by atoms with van der Waals surface area (Å²) in [6.45, 7) is 7.64. The molecular formula is C29H38Cl2FN3O4. The average molecular weight is 583 g/mol. The van der Waals surface area contributed by atoms with Gasteiger partial charge in [-0.2, -0.15) is 0 Å². The first kappa shape index (κ1) is 32.6. The fraction of sp³-hybridized carbons (Fsp3) is 0.414. The lowest BCUT2D eigenvalue weighted by molar-refractivity contribution is 0.0547. The lowest BCUT2D eigenvalue weighted by Gasteiger charge is -2.34. The third-order valence-corrected chi connectivity index (χ3v) is 7.40. The zero-order valence-corrected chi connectivity index (χ0v) is 23.9. The summed E-state index contributed by atoms with van der Waals surface area (Å²) in [7, 11) is 0. The van der Waals surface area contributed by atoms with Gasteiger partial charge in [0.05, 0.1) is 5.52 Å². The number of ether oxygens (including phenoxy) is 2. The SMILES string of the molecule is CCCN(C[C@@H]1CCc2[nH]c3ccc(F)cc3c2C1)C[C@H]1COc2ccc3nc(C)ccc3c2O1.Cl.Cl.O.O. The highest BCUT2D eigenvalue weighted by Crippen LogP contribution is 2.39. The van der Waals surface area contributed by atoms with Gasteiger partial charge in [0.2, 0.25) is 0 Å². The highest BCUT2D eigenvalue weighted by Gasteiger charge is 2.28. The second-order valence-electron chi connectivity index (χ2n) is 10.1. The normalized spacial score (nSPS) is 17.4. The molecule has 2 aromatic carbocycles. The standard InChI is InChI=1S/C29H32FN3O2.2ClH.2H2O/c1-3-12-33(15-19-5-8-26-23(13-19)24-14-20(30)6-9-27(24)32-26)16-21-17-34-28-11-10-25-22(29(28)35-21)7-4-18(2)31-25;;;;/h4,6-7,9-11,14,19,21,32H,3,5,8,12-13,15-17H2,1-2H3;2*1H;2*1H2/t19-,21+;;;;/m1..../s1. The lowest BCUT2D eigenvalue weighted by Crippen LogP contribution is -2.43. The number of hydrogen-bond donors (Lipinski definition) is 1. The number of hydrogen-bond acceptors (Lipinski definition) is 4. The van der Waals surface area contributed by atoms with Crippen LogP contribution in [0.15, 0.2) is 42.5 Å². The Labute approximate surface area is 240 Å². The van der Waals surface area contributed by atoms with Crippen molar-refractivity contribution in [3.05, 3.63) is 65.2 Å². The Hall–Kier alpha value is -2.62. The van der Waals surface area contributed by atoms with Crippen molar-refractivity contribution in [2.75, 3.05) is 26.2 Å². The summed E-state index contributed by atoms with van der Waals surface area (Å²) < 4.78 is 26.6. The average Bonchev–Trinajstić information content (AvgIpc) is 3.21. The van der Waals surface area contributed by atoms with Crippen molar-refractivity contribution in [3.8, 4) is 11.5 Å². The maximum absolute atomic E-state index is 13.9. The minimum Gasteiger partial charge on any atom is -0.486 e. The molecule has 5 N–H and O–H groups in total. The van der Waals surface area contributed by atoms with Crippen LogP contribution < -0.4 is 9.47 Å². The molecule has 0 unspecified atom stereocenters. The van der Waals surface area contributed by atoms with Gasteiger partial charge in [-0.25, -0.2) is 4.39 Å². The number of pyridine rings is 1. The van der Waals surface area contributed by atoms with E-state index in [9.17, 15) is 4.39 Å². The molecule has 1 aliphatic heterocycles. The molecule has 1 aliphatic carbocycles. The Morgan fingerprint density at radius 2 is 1.87 bits per heavy atom. The van der Waals surface area contributed by atoms with E-state index < -0.39 is 0 Å². The topological polar surface area (TPSA) is 113 Å². The zero-order valence-electron chi connectivity index (χ0n) is 22.3. The molecule has 0 spiro atoms. The van der Waals surface area contributed by atoms with E-state index in [1.165, 1.54) is 17.3 Å². The smallest absolute Gasteiger partial charge is 0.171 e. The van der Waals surface area contributed by atoms with Crippen LogP contribution in [-0.2, 0) is 12.8 Å². The molecule has 6 rings (SSSR count). The van der Waals surface area contributed by atoms with Gasteiger partial charge in [-0.3, -0.25) is 9.88 Å². The predicted octanol–water partition coefficient (Wildman–Crippen LogP) is 5.01. The number of aromatic amines is 1. The van der Waals surface area contributed by atoms with E-state index in [1.54, 1.807) is 6.07 Å². The Bertz CT molecular complexity index is 1400. The van der Waals surface area contributed by atoms with Crippen LogP contribution in [0.5, 0.6) is 11.5 Å². The number of nitrogens with zero attached hydrogens (tertiary/aromatic N) is 2. The molecule has 2 aromatic heterocycles. The fourth-order valence-corrected chi connectivity index (χ4v) is 5.81. The largest absolute Gasteiger partial charge is 0.486 e. The number of benzene rings is 2. The minimum atomic E-state index is -0.165. The molecular weight excluding hydrogens is 544 g/mol. The maximum Gasteiger partial charge on any atom is 0.171 e. The van der Waals surface area contributed by atoms with Gasteiger partial charge >= 0.3 is 0 Å². The number of rotatable bonds is 6. The Balaban J connectivity index is 0.00000133. The molecule has 10 heteroatoms. The number of H-pyrrole nitrogens is 1. The van der Waals surface area contributed by atoms with Crippen LogP contribution in [0.2, 0.25) is 0 Å². The van der Waals surface area contributed by atoms with Crippen molar-refractivity contribution in [3.63, 3.8) is 0 Å². The monoisotopic (exact) mass is 581 g/mol. The molecule has 2 aliphatic rings. The van der Waals surface area contributed by atoms with Crippen LogP contribution in [0.3, 0.4) is 0 Å². The van der Waals surface area contributed by atoms with Gasteiger partial charge in [0.25, 0.3) is 0 Å². The van der Waals surface area contributed by atoms with E-state index >= 15 is 0 Å². The maximum atomic E-state index is 13.9. The lowest BCUT2D eigenvalue weighted by atomic mass is 9.86. The van der Waals surface area contributed by atoms with E-state index in [1.807, 2.05) is 31.2 Å². The van der Waals surface area contributed by atoms with Gasteiger partial charge in [0.1, 0.15) is 18.5 Å². The molecule has 2 atom stereocenters. The number of fused-ring (bicyclic) bond motifs is 6. The molecule has 214 valence electrons. The van der Waals surface area contributed by atoms with E-state index in [-0.39, 0.29) is 47.7 Å². The van der Waals surface area contributed by atoms with E-state index in [0.29, 0.717) is 12.5 Å². The van der Waals surface area contributed by atoms with E-state index in [0.717, 1.165) is 84.3 Å². The van der Waals surface area contributed by atoms with Gasteiger partial charge < -0.3 is 25.4 Å². The first-order chi connectivity index (χ1) is 17.1. The first-order valence-electron chi connectivity index (χ1n) is 12.8. The van der Waals surface area contributed by atoms with Gasteiger partial charge in [0.15, 0.2) is 11.5 Å². The number of nitrogens with one attached hydrogen (secondary N) is 1. The van der Waals surface area contributed by atoms with Crippen LogP contribution in [0.25, 0.3) is 21.8 Å². The summed E-state index contributed by atoms with van der Waals surface area (Å²) in [4.78, 5) is 10.7.